The maximum atomic E-state index is 12.2. The fourth-order valence-corrected chi connectivity index (χ4v) is 2.31. The third kappa shape index (κ3) is 3.03. The number of carbonyl (C=O) groups excluding carboxylic acids is 1. The number of amides is 1. The molecule has 1 aromatic carbocycles. The minimum Gasteiger partial charge on any atom is -0.481 e. The number of nitrogens with one attached hydrogen (secondary N) is 1. The molecule has 2 aromatic rings. The third-order valence-electron chi connectivity index (χ3n) is 3.73. The van der Waals surface area contributed by atoms with Gasteiger partial charge in [0.1, 0.15) is 11.2 Å². The number of aryl methyl sites for hydroxylation is 2. The SMILES string of the molecule is Cc1cc(C)c(C(=O)NCC(C)(C(=O)O)c2ccccc2)o1. The lowest BCUT2D eigenvalue weighted by molar-refractivity contribution is -0.142. The summed E-state index contributed by atoms with van der Waals surface area (Å²) in [5, 5.41) is 12.2. The summed E-state index contributed by atoms with van der Waals surface area (Å²) < 4.78 is 5.35. The molecular formula is C17H19NO4. The van der Waals surface area contributed by atoms with E-state index in [2.05, 4.69) is 5.32 Å². The fraction of sp³-hybridized carbons (Fsp3) is 0.294. The Bertz CT molecular complexity index is 690. The highest BCUT2D eigenvalue weighted by atomic mass is 16.4. The zero-order valence-electron chi connectivity index (χ0n) is 12.8. The topological polar surface area (TPSA) is 79.5 Å². The number of carboxylic acid groups (broad SMARTS) is 1. The Morgan fingerprint density at radius 2 is 1.86 bits per heavy atom. The lowest BCUT2D eigenvalue weighted by atomic mass is 9.82. The van der Waals surface area contributed by atoms with Crippen LogP contribution in [0.25, 0.3) is 0 Å². The molecule has 116 valence electrons. The summed E-state index contributed by atoms with van der Waals surface area (Å²) in [5.74, 6) is -0.537. The fourth-order valence-electron chi connectivity index (χ4n) is 2.31. The predicted octanol–water partition coefficient (Wildman–Crippen LogP) is 2.67. The van der Waals surface area contributed by atoms with Crippen molar-refractivity contribution in [3.63, 3.8) is 0 Å². The van der Waals surface area contributed by atoms with E-state index in [1.54, 1.807) is 51.1 Å². The molecule has 0 aliphatic heterocycles. The molecule has 1 aromatic heterocycles. The molecule has 2 rings (SSSR count). The van der Waals surface area contributed by atoms with Gasteiger partial charge in [-0.05, 0) is 32.4 Å². The van der Waals surface area contributed by atoms with E-state index in [-0.39, 0.29) is 12.3 Å². The Labute approximate surface area is 129 Å². The van der Waals surface area contributed by atoms with Crippen molar-refractivity contribution >= 4 is 11.9 Å². The molecule has 0 fully saturated rings. The van der Waals surface area contributed by atoms with Crippen molar-refractivity contribution in [3.8, 4) is 0 Å². The highest BCUT2D eigenvalue weighted by molar-refractivity contribution is 5.93. The van der Waals surface area contributed by atoms with Crippen LogP contribution in [0.3, 0.4) is 0 Å². The van der Waals surface area contributed by atoms with Crippen LogP contribution in [-0.4, -0.2) is 23.5 Å². The molecule has 1 atom stereocenters. The van der Waals surface area contributed by atoms with Crippen LogP contribution in [-0.2, 0) is 10.2 Å². The highest BCUT2D eigenvalue weighted by Crippen LogP contribution is 2.23. The third-order valence-corrected chi connectivity index (χ3v) is 3.73. The van der Waals surface area contributed by atoms with Gasteiger partial charge in [0.05, 0.1) is 0 Å². The molecule has 0 saturated heterocycles. The van der Waals surface area contributed by atoms with Gasteiger partial charge in [-0.2, -0.15) is 0 Å². The quantitative estimate of drug-likeness (QED) is 0.890. The van der Waals surface area contributed by atoms with E-state index in [1.807, 2.05) is 6.07 Å². The van der Waals surface area contributed by atoms with Crippen molar-refractivity contribution < 1.29 is 19.1 Å². The van der Waals surface area contributed by atoms with Crippen LogP contribution in [0.1, 0.15) is 34.4 Å². The summed E-state index contributed by atoms with van der Waals surface area (Å²) in [7, 11) is 0. The first-order valence-corrected chi connectivity index (χ1v) is 6.99. The van der Waals surface area contributed by atoms with Gasteiger partial charge in [0, 0.05) is 12.1 Å². The standard InChI is InChI=1S/C17H19NO4/c1-11-9-12(2)22-14(11)15(19)18-10-17(3,16(20)21)13-7-5-4-6-8-13/h4-9H,10H2,1-3H3,(H,18,19)(H,20,21). The van der Waals surface area contributed by atoms with Crippen molar-refractivity contribution in [3.05, 3.63) is 59.0 Å². The smallest absolute Gasteiger partial charge is 0.315 e. The zero-order valence-corrected chi connectivity index (χ0v) is 12.8. The number of hydrogen-bond donors (Lipinski definition) is 2. The van der Waals surface area contributed by atoms with Crippen molar-refractivity contribution in [2.24, 2.45) is 0 Å². The molecule has 1 unspecified atom stereocenters. The van der Waals surface area contributed by atoms with Crippen LogP contribution in [0.4, 0.5) is 0 Å². The summed E-state index contributed by atoms with van der Waals surface area (Å²) in [4.78, 5) is 23.8. The number of carbonyl (C=O) groups is 2. The van der Waals surface area contributed by atoms with Crippen LogP contribution in [0.2, 0.25) is 0 Å². The van der Waals surface area contributed by atoms with Crippen LogP contribution in [0.5, 0.6) is 0 Å². The second-order valence-corrected chi connectivity index (χ2v) is 5.56. The Balaban J connectivity index is 2.18. The largest absolute Gasteiger partial charge is 0.481 e. The first kappa shape index (κ1) is 15.8. The summed E-state index contributed by atoms with van der Waals surface area (Å²) in [5.41, 5.74) is 0.161. The minimum atomic E-state index is -1.20. The van der Waals surface area contributed by atoms with E-state index in [4.69, 9.17) is 4.42 Å². The average molecular weight is 301 g/mol. The van der Waals surface area contributed by atoms with Gasteiger partial charge in [-0.1, -0.05) is 30.3 Å². The normalized spacial score (nSPS) is 13.4. The molecule has 22 heavy (non-hydrogen) atoms. The highest BCUT2D eigenvalue weighted by Gasteiger charge is 2.35. The molecule has 0 bridgehead atoms. The molecule has 1 heterocycles. The summed E-state index contributed by atoms with van der Waals surface area (Å²) in [6, 6.07) is 10.6. The van der Waals surface area contributed by atoms with Crippen molar-refractivity contribution in [2.75, 3.05) is 6.54 Å². The number of rotatable bonds is 5. The van der Waals surface area contributed by atoms with Crippen molar-refractivity contribution in [1.82, 2.24) is 5.32 Å². The molecule has 0 spiro atoms. The zero-order chi connectivity index (χ0) is 16.3. The molecule has 0 radical (unpaired) electrons. The number of hydrogen-bond acceptors (Lipinski definition) is 3. The molecule has 0 aliphatic rings. The van der Waals surface area contributed by atoms with Gasteiger partial charge in [-0.15, -0.1) is 0 Å². The van der Waals surface area contributed by atoms with Crippen LogP contribution in [0.15, 0.2) is 40.8 Å². The molecule has 0 saturated carbocycles. The lowest BCUT2D eigenvalue weighted by Crippen LogP contribution is -2.44. The Morgan fingerprint density at radius 3 is 2.36 bits per heavy atom. The first-order valence-electron chi connectivity index (χ1n) is 6.99. The molecule has 0 aliphatic carbocycles. The molecule has 5 nitrogen and oxygen atoms in total. The van der Waals surface area contributed by atoms with Gasteiger partial charge in [0.15, 0.2) is 5.76 Å². The van der Waals surface area contributed by atoms with Gasteiger partial charge in [-0.3, -0.25) is 9.59 Å². The second kappa shape index (κ2) is 6.05. The monoisotopic (exact) mass is 301 g/mol. The molecule has 2 N–H and O–H groups in total. The van der Waals surface area contributed by atoms with E-state index in [1.165, 1.54) is 0 Å². The molecule has 1 amide bonds. The Hall–Kier alpha value is -2.56. The van der Waals surface area contributed by atoms with Gasteiger partial charge in [-0.25, -0.2) is 0 Å². The molecular weight excluding hydrogens is 282 g/mol. The van der Waals surface area contributed by atoms with Crippen LogP contribution < -0.4 is 5.32 Å². The van der Waals surface area contributed by atoms with Crippen LogP contribution in [0, 0.1) is 13.8 Å². The van der Waals surface area contributed by atoms with Gasteiger partial charge >= 0.3 is 5.97 Å². The Morgan fingerprint density at radius 1 is 1.23 bits per heavy atom. The first-order chi connectivity index (χ1) is 10.3. The van der Waals surface area contributed by atoms with E-state index in [0.717, 1.165) is 5.56 Å². The lowest BCUT2D eigenvalue weighted by Gasteiger charge is -2.25. The minimum absolute atomic E-state index is 0.0234. The number of carboxylic acids is 1. The second-order valence-electron chi connectivity index (χ2n) is 5.56. The summed E-state index contributed by atoms with van der Waals surface area (Å²) in [6.45, 7) is 5.10. The molecule has 5 heteroatoms. The summed E-state index contributed by atoms with van der Waals surface area (Å²) in [6.07, 6.45) is 0. The Kier molecular flexibility index (Phi) is 4.35. The van der Waals surface area contributed by atoms with E-state index in [9.17, 15) is 14.7 Å². The van der Waals surface area contributed by atoms with E-state index >= 15 is 0 Å². The number of aliphatic carboxylic acids is 1. The van der Waals surface area contributed by atoms with Gasteiger partial charge in [0.2, 0.25) is 0 Å². The average Bonchev–Trinajstić information content (AvgIpc) is 2.84. The van der Waals surface area contributed by atoms with Crippen molar-refractivity contribution in [1.29, 1.82) is 0 Å². The van der Waals surface area contributed by atoms with Gasteiger partial charge < -0.3 is 14.8 Å². The van der Waals surface area contributed by atoms with Crippen LogP contribution >= 0.6 is 0 Å². The van der Waals surface area contributed by atoms with Crippen molar-refractivity contribution in [2.45, 2.75) is 26.2 Å². The predicted molar refractivity (Wildman–Crippen MR) is 81.9 cm³/mol. The van der Waals surface area contributed by atoms with E-state index in [0.29, 0.717) is 11.3 Å². The maximum absolute atomic E-state index is 12.2. The van der Waals surface area contributed by atoms with E-state index < -0.39 is 17.3 Å². The number of furan rings is 1. The van der Waals surface area contributed by atoms with Gasteiger partial charge in [0.25, 0.3) is 5.91 Å². The summed E-state index contributed by atoms with van der Waals surface area (Å²) >= 11 is 0. The number of benzene rings is 1. The maximum Gasteiger partial charge on any atom is 0.315 e.